The van der Waals surface area contributed by atoms with E-state index in [0.717, 1.165) is 0 Å². The minimum Gasteiger partial charge on any atom is -0.286 e. The van der Waals surface area contributed by atoms with Crippen LogP contribution >= 0.6 is 0 Å². The van der Waals surface area contributed by atoms with Crippen molar-refractivity contribution in [3.05, 3.63) is 48.6 Å². The Morgan fingerprint density at radius 2 is 1.19 bits per heavy atom. The molecule has 1 nitrogen and oxygen atoms in total. The van der Waals surface area contributed by atoms with Crippen molar-refractivity contribution in [3.8, 4) is 0 Å². The largest absolute Gasteiger partial charge is 0.286 e. The molecule has 0 aromatic rings. The van der Waals surface area contributed by atoms with Gasteiger partial charge in [-0.1, -0.05) is 101 Å². The lowest BCUT2D eigenvalue weighted by atomic mass is 10.1. The summed E-state index contributed by atoms with van der Waals surface area (Å²) in [6.45, 7) is 2.27. The van der Waals surface area contributed by atoms with Crippen LogP contribution < -0.4 is 0 Å². The van der Waals surface area contributed by atoms with Gasteiger partial charge < -0.3 is 0 Å². The van der Waals surface area contributed by atoms with Crippen LogP contribution in [0.5, 0.6) is 0 Å². The van der Waals surface area contributed by atoms with Crippen molar-refractivity contribution >= 4 is 6.29 Å². The van der Waals surface area contributed by atoms with E-state index in [1.165, 1.54) is 70.3 Å². The van der Waals surface area contributed by atoms with Crippen LogP contribution in [0.3, 0.4) is 0 Å². The molecule has 0 fully saturated rings. The van der Waals surface area contributed by atoms with E-state index in [2.05, 4.69) is 19.1 Å². The fourth-order valence-electron chi connectivity index (χ4n) is 2.10. The molecule has 0 aliphatic heterocycles. The molecule has 0 aromatic heterocycles. The maximum Gasteiger partial charge on any atom is 0.225 e. The number of hydrogen-bond donors (Lipinski definition) is 0. The van der Waals surface area contributed by atoms with Gasteiger partial charge in [-0.25, -0.2) is 0 Å². The van der Waals surface area contributed by atoms with Gasteiger partial charge in [0.25, 0.3) is 0 Å². The topological polar surface area (TPSA) is 17.1 Å². The Morgan fingerprint density at radius 1 is 0.667 bits per heavy atom. The highest BCUT2D eigenvalue weighted by Gasteiger charge is 1.90. The van der Waals surface area contributed by atoms with E-state index in [-0.39, 0.29) is 0 Å². The van der Waals surface area contributed by atoms with Gasteiger partial charge in [-0.05, 0) is 18.9 Å². The van der Waals surface area contributed by atoms with E-state index < -0.39 is 0 Å². The zero-order valence-electron chi connectivity index (χ0n) is 13.6. The summed E-state index contributed by atoms with van der Waals surface area (Å²) in [6.07, 6.45) is 30.3. The van der Waals surface area contributed by atoms with Gasteiger partial charge >= 0.3 is 0 Å². The third kappa shape index (κ3) is 18.6. The number of unbranched alkanes of at least 4 members (excludes halogenated alkanes) is 9. The summed E-state index contributed by atoms with van der Waals surface area (Å²) in [5.74, 6) is 0. The fourth-order valence-corrected chi connectivity index (χ4v) is 2.10. The monoisotopic (exact) mass is 287 g/mol. The third-order valence-electron chi connectivity index (χ3n) is 3.33. The summed E-state index contributed by atoms with van der Waals surface area (Å²) < 4.78 is 0. The maximum absolute atomic E-state index is 9.89. The molecule has 0 atom stereocenters. The van der Waals surface area contributed by atoms with Gasteiger partial charge in [-0.2, -0.15) is 0 Å². The van der Waals surface area contributed by atoms with Gasteiger partial charge in [-0.3, -0.25) is 4.79 Å². The van der Waals surface area contributed by atoms with E-state index in [1.54, 1.807) is 12.4 Å². The first-order chi connectivity index (χ1) is 10.4. The third-order valence-corrected chi connectivity index (χ3v) is 3.33. The summed E-state index contributed by atoms with van der Waals surface area (Å²) in [6, 6.07) is 0. The minimum atomic E-state index is 1.17. The molecular weight excluding hydrogens is 256 g/mol. The smallest absolute Gasteiger partial charge is 0.225 e. The van der Waals surface area contributed by atoms with Crippen LogP contribution in [0.4, 0.5) is 0 Å². The number of hydrogen-bond acceptors (Lipinski definition) is 1. The second-order valence-corrected chi connectivity index (χ2v) is 5.29. The van der Waals surface area contributed by atoms with Crippen LogP contribution in [0.2, 0.25) is 0 Å². The molecule has 1 heteroatoms. The standard InChI is InChI=1S/C20H31O/c1-2-3-4-5-6-7-8-9-10-11-12-13-14-15-16-17-18-19-20-21/h12-19H,2-11H2,1H3/b13-12-,15-14+,17-16-,19-18+. The average molecular weight is 287 g/mol. The molecule has 0 aromatic carbocycles. The molecule has 0 aliphatic carbocycles. The van der Waals surface area contributed by atoms with Gasteiger partial charge in [0.15, 0.2) is 0 Å². The second-order valence-electron chi connectivity index (χ2n) is 5.29. The highest BCUT2D eigenvalue weighted by atomic mass is 16.1. The van der Waals surface area contributed by atoms with E-state index >= 15 is 0 Å². The number of rotatable bonds is 14. The molecule has 21 heavy (non-hydrogen) atoms. The molecular formula is C20H31O. The first-order valence-electron chi connectivity index (χ1n) is 8.44. The van der Waals surface area contributed by atoms with E-state index in [4.69, 9.17) is 0 Å². The predicted molar refractivity (Wildman–Crippen MR) is 94.1 cm³/mol. The van der Waals surface area contributed by atoms with Crippen molar-refractivity contribution in [1.82, 2.24) is 0 Å². The van der Waals surface area contributed by atoms with Crippen molar-refractivity contribution in [2.45, 2.75) is 71.1 Å². The van der Waals surface area contributed by atoms with E-state index in [0.29, 0.717) is 0 Å². The van der Waals surface area contributed by atoms with Crippen molar-refractivity contribution in [2.75, 3.05) is 0 Å². The summed E-state index contributed by atoms with van der Waals surface area (Å²) >= 11 is 0. The maximum atomic E-state index is 9.89. The Hall–Kier alpha value is -1.37. The molecule has 0 saturated heterocycles. The van der Waals surface area contributed by atoms with Crippen LogP contribution in [-0.2, 0) is 4.79 Å². The first kappa shape index (κ1) is 19.6. The molecule has 0 spiro atoms. The van der Waals surface area contributed by atoms with Crippen LogP contribution in [0.25, 0.3) is 0 Å². The Balaban J connectivity index is 3.28. The van der Waals surface area contributed by atoms with Crippen molar-refractivity contribution in [3.63, 3.8) is 0 Å². The van der Waals surface area contributed by atoms with Crippen LogP contribution in [0, 0.1) is 0 Å². The van der Waals surface area contributed by atoms with Crippen molar-refractivity contribution < 1.29 is 4.79 Å². The zero-order chi connectivity index (χ0) is 15.4. The zero-order valence-corrected chi connectivity index (χ0v) is 13.6. The summed E-state index contributed by atoms with van der Waals surface area (Å²) in [4.78, 5) is 9.89. The molecule has 1 radical (unpaired) electrons. The molecule has 0 N–H and O–H groups in total. The first-order valence-corrected chi connectivity index (χ1v) is 8.44. The van der Waals surface area contributed by atoms with Gasteiger partial charge in [0, 0.05) is 0 Å². The molecule has 0 saturated carbocycles. The number of allylic oxidation sites excluding steroid dienone is 8. The fraction of sp³-hybridized carbons (Fsp3) is 0.550. The van der Waals surface area contributed by atoms with Crippen molar-refractivity contribution in [1.29, 1.82) is 0 Å². The highest BCUT2D eigenvalue weighted by Crippen LogP contribution is 2.10. The highest BCUT2D eigenvalue weighted by molar-refractivity contribution is 5.66. The second kappa shape index (κ2) is 18.6. The average Bonchev–Trinajstić information content (AvgIpc) is 2.50. The molecule has 0 bridgehead atoms. The Morgan fingerprint density at radius 3 is 1.81 bits per heavy atom. The predicted octanol–water partition coefficient (Wildman–Crippen LogP) is 6.24. The van der Waals surface area contributed by atoms with E-state index in [9.17, 15) is 4.79 Å². The van der Waals surface area contributed by atoms with Crippen LogP contribution in [0.1, 0.15) is 71.1 Å². The Labute approximate surface area is 131 Å². The Bertz CT molecular complexity index is 321. The van der Waals surface area contributed by atoms with E-state index in [1.807, 2.05) is 24.3 Å². The van der Waals surface area contributed by atoms with Crippen molar-refractivity contribution in [2.24, 2.45) is 0 Å². The molecule has 0 unspecified atom stereocenters. The summed E-state index contributed by atoms with van der Waals surface area (Å²) in [7, 11) is 0. The summed E-state index contributed by atoms with van der Waals surface area (Å²) in [5.41, 5.74) is 0. The quantitative estimate of drug-likeness (QED) is 0.210. The Kier molecular flexibility index (Phi) is 17.4. The lowest BCUT2D eigenvalue weighted by molar-refractivity contribution is 0.564. The minimum absolute atomic E-state index is 1.17. The lowest BCUT2D eigenvalue weighted by Gasteiger charge is -2.00. The number of carbonyl (C=O) groups excluding carboxylic acids is 1. The molecule has 0 aliphatic rings. The SMILES string of the molecule is CCCCCCCCCCC\C=C/C=C/C=C\C=C\[C]=O. The van der Waals surface area contributed by atoms with Gasteiger partial charge in [-0.15, -0.1) is 0 Å². The van der Waals surface area contributed by atoms with Gasteiger partial charge in [0.2, 0.25) is 6.29 Å². The van der Waals surface area contributed by atoms with Gasteiger partial charge in [0.05, 0.1) is 0 Å². The molecule has 0 heterocycles. The van der Waals surface area contributed by atoms with Gasteiger partial charge in [0.1, 0.15) is 0 Å². The summed E-state index contributed by atoms with van der Waals surface area (Å²) in [5, 5.41) is 0. The molecule has 117 valence electrons. The van der Waals surface area contributed by atoms with Crippen LogP contribution in [0.15, 0.2) is 48.6 Å². The van der Waals surface area contributed by atoms with Crippen LogP contribution in [-0.4, -0.2) is 6.29 Å². The molecule has 0 amide bonds. The molecule has 0 rings (SSSR count). The normalized spacial score (nSPS) is 12.4. The lowest BCUT2D eigenvalue weighted by Crippen LogP contribution is -1.80.